The summed E-state index contributed by atoms with van der Waals surface area (Å²) in [6.45, 7) is 1.97. The summed E-state index contributed by atoms with van der Waals surface area (Å²) in [6, 6.07) is 16.2. The summed E-state index contributed by atoms with van der Waals surface area (Å²) in [6.07, 6.45) is 3.61. The molecule has 0 saturated heterocycles. The molecule has 1 atom stereocenters. The molecule has 5 heteroatoms. The Labute approximate surface area is 133 Å². The van der Waals surface area contributed by atoms with Gasteiger partial charge in [-0.05, 0) is 42.8 Å². The van der Waals surface area contributed by atoms with Gasteiger partial charge in [0.05, 0.1) is 11.4 Å². The van der Waals surface area contributed by atoms with Crippen molar-refractivity contribution in [2.24, 2.45) is 0 Å². The van der Waals surface area contributed by atoms with Crippen molar-refractivity contribution >= 4 is 5.69 Å². The Morgan fingerprint density at radius 2 is 1.96 bits per heavy atom. The van der Waals surface area contributed by atoms with Crippen LogP contribution in [0.2, 0.25) is 0 Å². The number of nitrogens with one attached hydrogen (secondary N) is 1. The molecule has 0 bridgehead atoms. The van der Waals surface area contributed by atoms with Crippen LogP contribution in [0.25, 0.3) is 5.69 Å². The first-order valence-corrected chi connectivity index (χ1v) is 7.24. The monoisotopic (exact) mass is 306 g/mol. The van der Waals surface area contributed by atoms with Crippen molar-refractivity contribution < 1.29 is 4.39 Å². The Morgan fingerprint density at radius 1 is 1.17 bits per heavy atom. The van der Waals surface area contributed by atoms with E-state index in [1.54, 1.807) is 23.0 Å². The Morgan fingerprint density at radius 3 is 2.61 bits per heavy atom. The minimum Gasteiger partial charge on any atom is -0.377 e. The molecule has 3 aromatic rings. The van der Waals surface area contributed by atoms with Crippen LogP contribution in [0.4, 0.5) is 10.1 Å². The summed E-state index contributed by atoms with van der Waals surface area (Å²) in [5, 5.41) is 16.5. The summed E-state index contributed by atoms with van der Waals surface area (Å²) in [4.78, 5) is 0. The lowest BCUT2D eigenvalue weighted by Gasteiger charge is -2.17. The highest BCUT2D eigenvalue weighted by Gasteiger charge is 2.11. The summed E-state index contributed by atoms with van der Waals surface area (Å²) in [5.74, 6) is -0.515. The lowest BCUT2D eigenvalue weighted by molar-refractivity contribution is 0.624. The van der Waals surface area contributed by atoms with E-state index in [9.17, 15) is 4.39 Å². The van der Waals surface area contributed by atoms with Gasteiger partial charge in [-0.3, -0.25) is 0 Å². The SMILES string of the molecule is CC(Nc1cccc(F)c1C#N)c1ccc(-n2cccn2)cc1. The van der Waals surface area contributed by atoms with E-state index in [4.69, 9.17) is 5.26 Å². The largest absolute Gasteiger partial charge is 0.377 e. The first-order chi connectivity index (χ1) is 11.2. The molecule has 0 spiro atoms. The second-order valence-corrected chi connectivity index (χ2v) is 5.18. The van der Waals surface area contributed by atoms with Gasteiger partial charge in [-0.25, -0.2) is 9.07 Å². The zero-order valence-corrected chi connectivity index (χ0v) is 12.6. The average Bonchev–Trinajstić information content (AvgIpc) is 3.10. The molecule has 114 valence electrons. The number of hydrogen-bond acceptors (Lipinski definition) is 3. The molecular weight excluding hydrogens is 291 g/mol. The number of benzene rings is 2. The predicted octanol–water partition coefficient (Wildman–Crippen LogP) is 4.06. The van der Waals surface area contributed by atoms with E-state index in [0.717, 1.165) is 11.3 Å². The van der Waals surface area contributed by atoms with Crippen LogP contribution >= 0.6 is 0 Å². The molecular formula is C18H15FN4. The van der Waals surface area contributed by atoms with Crippen LogP contribution in [0.1, 0.15) is 24.1 Å². The molecule has 2 aromatic carbocycles. The van der Waals surface area contributed by atoms with Gasteiger partial charge in [0.15, 0.2) is 0 Å². The van der Waals surface area contributed by atoms with Gasteiger partial charge >= 0.3 is 0 Å². The van der Waals surface area contributed by atoms with E-state index in [1.807, 2.05) is 49.5 Å². The van der Waals surface area contributed by atoms with Crippen molar-refractivity contribution in [3.63, 3.8) is 0 Å². The molecule has 3 rings (SSSR count). The fraction of sp³-hybridized carbons (Fsp3) is 0.111. The average molecular weight is 306 g/mol. The van der Waals surface area contributed by atoms with E-state index in [2.05, 4.69) is 10.4 Å². The molecule has 1 N–H and O–H groups in total. The van der Waals surface area contributed by atoms with Crippen molar-refractivity contribution in [2.75, 3.05) is 5.32 Å². The maximum Gasteiger partial charge on any atom is 0.143 e. The van der Waals surface area contributed by atoms with Gasteiger partial charge in [0, 0.05) is 18.4 Å². The van der Waals surface area contributed by atoms with Gasteiger partial charge < -0.3 is 5.32 Å². The fourth-order valence-corrected chi connectivity index (χ4v) is 2.41. The maximum absolute atomic E-state index is 13.6. The van der Waals surface area contributed by atoms with Gasteiger partial charge in [-0.15, -0.1) is 0 Å². The molecule has 0 radical (unpaired) electrons. The van der Waals surface area contributed by atoms with Gasteiger partial charge in [0.25, 0.3) is 0 Å². The molecule has 1 unspecified atom stereocenters. The molecule has 0 aliphatic rings. The Bertz CT molecular complexity index is 832. The highest BCUT2D eigenvalue weighted by atomic mass is 19.1. The maximum atomic E-state index is 13.6. The molecule has 0 aliphatic carbocycles. The van der Waals surface area contributed by atoms with Crippen molar-refractivity contribution in [1.82, 2.24) is 9.78 Å². The molecule has 1 heterocycles. The van der Waals surface area contributed by atoms with Crippen molar-refractivity contribution in [1.29, 1.82) is 5.26 Å². The summed E-state index contributed by atoms with van der Waals surface area (Å²) in [7, 11) is 0. The number of nitriles is 1. The van der Waals surface area contributed by atoms with E-state index < -0.39 is 5.82 Å². The van der Waals surface area contributed by atoms with Crippen molar-refractivity contribution in [2.45, 2.75) is 13.0 Å². The third-order valence-corrected chi connectivity index (χ3v) is 3.66. The Kier molecular flexibility index (Phi) is 4.07. The first-order valence-electron chi connectivity index (χ1n) is 7.24. The van der Waals surface area contributed by atoms with E-state index in [0.29, 0.717) is 5.69 Å². The second-order valence-electron chi connectivity index (χ2n) is 5.18. The topological polar surface area (TPSA) is 53.6 Å². The molecule has 0 amide bonds. The highest BCUT2D eigenvalue weighted by molar-refractivity contribution is 5.59. The fourth-order valence-electron chi connectivity index (χ4n) is 2.41. The predicted molar refractivity (Wildman–Crippen MR) is 86.7 cm³/mol. The third kappa shape index (κ3) is 3.06. The molecule has 1 aromatic heterocycles. The summed E-state index contributed by atoms with van der Waals surface area (Å²) < 4.78 is 15.4. The third-order valence-electron chi connectivity index (χ3n) is 3.66. The molecule has 0 aliphatic heterocycles. The van der Waals surface area contributed by atoms with Gasteiger partial charge in [0.1, 0.15) is 17.4 Å². The number of aromatic nitrogens is 2. The minimum absolute atomic E-state index is 0.0347. The second kappa shape index (κ2) is 6.32. The Balaban J connectivity index is 1.80. The number of nitrogens with zero attached hydrogens (tertiary/aromatic N) is 3. The highest BCUT2D eigenvalue weighted by Crippen LogP contribution is 2.24. The van der Waals surface area contributed by atoms with E-state index in [-0.39, 0.29) is 11.6 Å². The smallest absolute Gasteiger partial charge is 0.143 e. The van der Waals surface area contributed by atoms with Gasteiger partial charge in [0.2, 0.25) is 0 Å². The minimum atomic E-state index is -0.515. The lowest BCUT2D eigenvalue weighted by Crippen LogP contribution is -2.08. The van der Waals surface area contributed by atoms with Gasteiger partial charge in [-0.2, -0.15) is 10.4 Å². The number of rotatable bonds is 4. The molecule has 0 saturated carbocycles. The summed E-state index contributed by atoms with van der Waals surface area (Å²) >= 11 is 0. The molecule has 23 heavy (non-hydrogen) atoms. The number of hydrogen-bond donors (Lipinski definition) is 1. The van der Waals surface area contributed by atoms with Crippen LogP contribution in [0.3, 0.4) is 0 Å². The van der Waals surface area contributed by atoms with Crippen LogP contribution in [0, 0.1) is 17.1 Å². The zero-order valence-electron chi connectivity index (χ0n) is 12.6. The Hall–Kier alpha value is -3.13. The molecule has 4 nitrogen and oxygen atoms in total. The van der Waals surface area contributed by atoms with Crippen LogP contribution < -0.4 is 5.32 Å². The first kappa shape index (κ1) is 14.8. The number of anilines is 1. The normalized spacial score (nSPS) is 11.7. The van der Waals surface area contributed by atoms with Crippen LogP contribution in [0.5, 0.6) is 0 Å². The lowest BCUT2D eigenvalue weighted by atomic mass is 10.1. The van der Waals surface area contributed by atoms with E-state index in [1.165, 1.54) is 6.07 Å². The van der Waals surface area contributed by atoms with E-state index >= 15 is 0 Å². The van der Waals surface area contributed by atoms with Crippen LogP contribution in [0.15, 0.2) is 60.9 Å². The summed E-state index contributed by atoms with van der Waals surface area (Å²) in [5.41, 5.74) is 2.53. The van der Waals surface area contributed by atoms with Gasteiger partial charge in [-0.1, -0.05) is 18.2 Å². The van der Waals surface area contributed by atoms with Crippen LogP contribution in [-0.2, 0) is 0 Å². The standard InChI is InChI=1S/C18H15FN4/c1-13(22-18-5-2-4-17(19)16(18)12-20)14-6-8-15(9-7-14)23-11-3-10-21-23/h2-11,13,22H,1H3. The van der Waals surface area contributed by atoms with Crippen molar-refractivity contribution in [3.8, 4) is 11.8 Å². The van der Waals surface area contributed by atoms with Crippen molar-refractivity contribution in [3.05, 3.63) is 77.9 Å². The zero-order chi connectivity index (χ0) is 16.2. The van der Waals surface area contributed by atoms with Crippen LogP contribution in [-0.4, -0.2) is 9.78 Å². The number of halogens is 1. The molecule has 0 fully saturated rings. The quantitative estimate of drug-likeness (QED) is 0.791.